The maximum absolute atomic E-state index is 11.9. The van der Waals surface area contributed by atoms with E-state index in [1.165, 1.54) is 6.08 Å². The molecule has 0 aliphatic heterocycles. The van der Waals surface area contributed by atoms with Crippen molar-refractivity contribution in [2.45, 2.75) is 0 Å². The molecule has 0 bridgehead atoms. The normalized spacial score (nSPS) is 11.1. The molecule has 0 spiro atoms. The Labute approximate surface area is 115 Å². The fraction of sp³-hybridized carbons (Fsp3) is 0.0769. The van der Waals surface area contributed by atoms with Crippen LogP contribution < -0.4 is 0 Å². The van der Waals surface area contributed by atoms with E-state index in [0.29, 0.717) is 15.6 Å². The van der Waals surface area contributed by atoms with E-state index in [1.807, 2.05) is 13.1 Å². The van der Waals surface area contributed by atoms with Gasteiger partial charge in [-0.2, -0.15) is 5.10 Å². The van der Waals surface area contributed by atoms with Gasteiger partial charge in [0.15, 0.2) is 5.78 Å². The molecular weight excluding hydrogens is 271 g/mol. The predicted octanol–water partition coefficient (Wildman–Crippen LogP) is 3.62. The van der Waals surface area contributed by atoms with E-state index in [1.54, 1.807) is 35.2 Å². The summed E-state index contributed by atoms with van der Waals surface area (Å²) in [6, 6.07) is 6.62. The summed E-state index contributed by atoms with van der Waals surface area (Å²) < 4.78 is 1.68. The highest BCUT2D eigenvalue weighted by Crippen LogP contribution is 2.23. The van der Waals surface area contributed by atoms with E-state index >= 15 is 0 Å². The lowest BCUT2D eigenvalue weighted by molar-refractivity contribution is 0.104. The van der Waals surface area contributed by atoms with Crippen LogP contribution in [0.4, 0.5) is 0 Å². The Morgan fingerprint density at radius 3 is 2.67 bits per heavy atom. The lowest BCUT2D eigenvalue weighted by atomic mass is 10.1. The van der Waals surface area contributed by atoms with Gasteiger partial charge in [-0.25, -0.2) is 0 Å². The Morgan fingerprint density at radius 2 is 2.06 bits per heavy atom. The van der Waals surface area contributed by atoms with Crippen LogP contribution in [-0.2, 0) is 7.05 Å². The molecule has 3 nitrogen and oxygen atoms in total. The van der Waals surface area contributed by atoms with Crippen LogP contribution in [0.15, 0.2) is 36.5 Å². The van der Waals surface area contributed by atoms with Gasteiger partial charge in [-0.3, -0.25) is 9.48 Å². The molecule has 5 heteroatoms. The molecule has 18 heavy (non-hydrogen) atoms. The largest absolute Gasteiger partial charge is 0.289 e. The average molecular weight is 281 g/mol. The molecule has 0 amide bonds. The molecular formula is C13H10Cl2N2O. The Kier molecular flexibility index (Phi) is 3.84. The van der Waals surface area contributed by atoms with Crippen molar-refractivity contribution >= 4 is 35.1 Å². The molecule has 2 rings (SSSR count). The van der Waals surface area contributed by atoms with Crippen LogP contribution in [0.3, 0.4) is 0 Å². The Bertz CT molecular complexity index is 617. The van der Waals surface area contributed by atoms with Gasteiger partial charge in [-0.1, -0.05) is 23.2 Å². The zero-order chi connectivity index (χ0) is 13.1. The van der Waals surface area contributed by atoms with Gasteiger partial charge in [0.1, 0.15) is 0 Å². The van der Waals surface area contributed by atoms with Crippen molar-refractivity contribution in [2.24, 2.45) is 7.05 Å². The van der Waals surface area contributed by atoms with Crippen molar-refractivity contribution in [3.63, 3.8) is 0 Å². The molecule has 0 saturated heterocycles. The monoisotopic (exact) mass is 280 g/mol. The highest BCUT2D eigenvalue weighted by Gasteiger charge is 2.05. The van der Waals surface area contributed by atoms with Crippen molar-refractivity contribution in [1.29, 1.82) is 0 Å². The molecule has 0 unspecified atom stereocenters. The summed E-state index contributed by atoms with van der Waals surface area (Å²) in [5, 5.41) is 4.81. The van der Waals surface area contributed by atoms with E-state index in [2.05, 4.69) is 5.10 Å². The van der Waals surface area contributed by atoms with Crippen molar-refractivity contribution in [2.75, 3.05) is 0 Å². The molecule has 0 N–H and O–H groups in total. The molecule has 92 valence electrons. The fourth-order valence-corrected chi connectivity index (χ4v) is 1.75. The number of carbonyl (C=O) groups excluding carboxylic acids is 1. The topological polar surface area (TPSA) is 34.9 Å². The van der Waals surface area contributed by atoms with E-state index in [9.17, 15) is 4.79 Å². The van der Waals surface area contributed by atoms with Crippen LogP contribution in [0.1, 0.15) is 16.1 Å². The summed E-state index contributed by atoms with van der Waals surface area (Å²) in [6.07, 6.45) is 4.86. The third-order valence-corrected chi connectivity index (χ3v) is 3.21. The maximum atomic E-state index is 11.9. The average Bonchev–Trinajstić information content (AvgIpc) is 2.75. The number of aromatic nitrogens is 2. The number of aryl methyl sites for hydroxylation is 1. The zero-order valence-corrected chi connectivity index (χ0v) is 11.1. The molecule has 0 radical (unpaired) electrons. The number of rotatable bonds is 3. The van der Waals surface area contributed by atoms with Crippen LogP contribution in [0.5, 0.6) is 0 Å². The van der Waals surface area contributed by atoms with Crippen LogP contribution in [0, 0.1) is 0 Å². The van der Waals surface area contributed by atoms with E-state index in [0.717, 1.165) is 5.69 Å². The Hall–Kier alpha value is -1.58. The number of hydrogen-bond donors (Lipinski definition) is 0. The molecule has 1 aromatic carbocycles. The quantitative estimate of drug-likeness (QED) is 0.636. The summed E-state index contributed by atoms with van der Waals surface area (Å²) >= 11 is 11.7. The number of allylic oxidation sites excluding steroid dienone is 1. The van der Waals surface area contributed by atoms with Crippen molar-refractivity contribution in [3.05, 3.63) is 57.8 Å². The lowest BCUT2D eigenvalue weighted by Gasteiger charge is -1.99. The zero-order valence-electron chi connectivity index (χ0n) is 9.60. The van der Waals surface area contributed by atoms with Crippen molar-refractivity contribution in [1.82, 2.24) is 9.78 Å². The second-order valence-electron chi connectivity index (χ2n) is 3.71. The summed E-state index contributed by atoms with van der Waals surface area (Å²) in [7, 11) is 1.81. The molecule has 1 aromatic heterocycles. The number of benzene rings is 1. The van der Waals surface area contributed by atoms with Gasteiger partial charge in [0.2, 0.25) is 0 Å². The van der Waals surface area contributed by atoms with Gasteiger partial charge in [0.25, 0.3) is 0 Å². The van der Waals surface area contributed by atoms with Crippen LogP contribution >= 0.6 is 23.2 Å². The van der Waals surface area contributed by atoms with Gasteiger partial charge in [-0.05, 0) is 36.4 Å². The van der Waals surface area contributed by atoms with Crippen LogP contribution in [0.2, 0.25) is 10.0 Å². The minimum atomic E-state index is -0.130. The van der Waals surface area contributed by atoms with Gasteiger partial charge < -0.3 is 0 Å². The first-order valence-corrected chi connectivity index (χ1v) is 5.99. The van der Waals surface area contributed by atoms with Gasteiger partial charge in [-0.15, -0.1) is 0 Å². The van der Waals surface area contributed by atoms with Crippen molar-refractivity contribution in [3.8, 4) is 0 Å². The fourth-order valence-electron chi connectivity index (χ4n) is 1.45. The van der Waals surface area contributed by atoms with Crippen LogP contribution in [-0.4, -0.2) is 15.6 Å². The number of ketones is 1. The first-order chi connectivity index (χ1) is 8.58. The first kappa shape index (κ1) is 12.9. The third kappa shape index (κ3) is 2.81. The smallest absolute Gasteiger partial charge is 0.185 e. The van der Waals surface area contributed by atoms with Crippen molar-refractivity contribution < 1.29 is 4.79 Å². The molecule has 0 aliphatic carbocycles. The number of halogens is 2. The predicted molar refractivity (Wildman–Crippen MR) is 73.0 cm³/mol. The highest BCUT2D eigenvalue weighted by atomic mass is 35.5. The Balaban J connectivity index is 2.20. The third-order valence-electron chi connectivity index (χ3n) is 2.47. The highest BCUT2D eigenvalue weighted by molar-refractivity contribution is 6.42. The number of hydrogen-bond acceptors (Lipinski definition) is 2. The van der Waals surface area contributed by atoms with Gasteiger partial charge in [0.05, 0.1) is 15.7 Å². The summed E-state index contributed by atoms with van der Waals surface area (Å²) in [5.41, 5.74) is 1.35. The Morgan fingerprint density at radius 1 is 1.28 bits per heavy atom. The minimum absolute atomic E-state index is 0.130. The SMILES string of the molecule is Cn1nccc1/C=C/C(=O)c1ccc(Cl)c(Cl)c1. The summed E-state index contributed by atoms with van der Waals surface area (Å²) in [4.78, 5) is 11.9. The van der Waals surface area contributed by atoms with E-state index < -0.39 is 0 Å². The maximum Gasteiger partial charge on any atom is 0.185 e. The van der Waals surface area contributed by atoms with Gasteiger partial charge in [0, 0.05) is 18.8 Å². The second-order valence-corrected chi connectivity index (χ2v) is 4.52. The molecule has 0 fully saturated rings. The first-order valence-electron chi connectivity index (χ1n) is 5.23. The second kappa shape index (κ2) is 5.38. The molecule has 0 aliphatic rings. The summed E-state index contributed by atoms with van der Waals surface area (Å²) in [5.74, 6) is -0.130. The van der Waals surface area contributed by atoms with Gasteiger partial charge >= 0.3 is 0 Å². The molecule has 1 heterocycles. The van der Waals surface area contributed by atoms with E-state index in [4.69, 9.17) is 23.2 Å². The molecule has 0 atom stereocenters. The molecule has 2 aromatic rings. The lowest BCUT2D eigenvalue weighted by Crippen LogP contribution is -1.96. The van der Waals surface area contributed by atoms with Crippen LogP contribution in [0.25, 0.3) is 6.08 Å². The number of carbonyl (C=O) groups is 1. The number of nitrogens with zero attached hydrogens (tertiary/aromatic N) is 2. The summed E-state index contributed by atoms with van der Waals surface area (Å²) in [6.45, 7) is 0. The van der Waals surface area contributed by atoms with E-state index in [-0.39, 0.29) is 5.78 Å². The standard InChI is InChI=1S/C13H10Cl2N2O/c1-17-10(6-7-16-17)3-5-13(18)9-2-4-11(14)12(15)8-9/h2-8H,1H3/b5-3+. The minimum Gasteiger partial charge on any atom is -0.289 e. The molecule has 0 saturated carbocycles.